The third kappa shape index (κ3) is 3.92. The summed E-state index contributed by atoms with van der Waals surface area (Å²) in [7, 11) is -4.01. The molecule has 1 heterocycles. The molecule has 2 aromatic rings. The number of aromatic nitrogens is 2. The first-order valence-corrected chi connectivity index (χ1v) is 7.35. The van der Waals surface area contributed by atoms with Crippen molar-refractivity contribution in [2.45, 2.75) is 11.4 Å². The molecular formula is C11H9ClFN3O4S. The van der Waals surface area contributed by atoms with E-state index in [-0.39, 0.29) is 15.6 Å². The maximum Gasteiger partial charge on any atom is 0.325 e. The SMILES string of the molecule is O=C(O)Cn1cc(S(=O)(=O)Nc2cc(F)cc(Cl)c2)cn1. The van der Waals surface area contributed by atoms with Gasteiger partial charge in [-0.3, -0.25) is 14.2 Å². The molecule has 1 aromatic carbocycles. The number of carboxylic acid groups (broad SMARTS) is 1. The van der Waals surface area contributed by atoms with Gasteiger partial charge in [0.2, 0.25) is 0 Å². The second-order valence-corrected chi connectivity index (χ2v) is 6.15. The van der Waals surface area contributed by atoms with Gasteiger partial charge in [-0.2, -0.15) is 5.10 Å². The molecule has 0 saturated carbocycles. The zero-order valence-corrected chi connectivity index (χ0v) is 11.9. The van der Waals surface area contributed by atoms with Crippen LogP contribution in [0.25, 0.3) is 0 Å². The van der Waals surface area contributed by atoms with E-state index >= 15 is 0 Å². The van der Waals surface area contributed by atoms with Gasteiger partial charge in [0.15, 0.2) is 0 Å². The molecule has 2 N–H and O–H groups in total. The lowest BCUT2D eigenvalue weighted by Gasteiger charge is -2.06. The highest BCUT2D eigenvalue weighted by atomic mass is 35.5. The Morgan fingerprint density at radius 3 is 2.76 bits per heavy atom. The predicted molar refractivity (Wildman–Crippen MR) is 72.1 cm³/mol. The molecule has 0 amide bonds. The van der Waals surface area contributed by atoms with E-state index in [0.29, 0.717) is 0 Å². The highest BCUT2D eigenvalue weighted by Gasteiger charge is 2.18. The van der Waals surface area contributed by atoms with Crippen LogP contribution in [0, 0.1) is 5.82 Å². The number of rotatable bonds is 5. The molecule has 7 nitrogen and oxygen atoms in total. The first kappa shape index (κ1) is 15.3. The van der Waals surface area contributed by atoms with Crippen molar-refractivity contribution in [3.05, 3.63) is 41.4 Å². The average molecular weight is 334 g/mol. The highest BCUT2D eigenvalue weighted by molar-refractivity contribution is 7.92. The normalized spacial score (nSPS) is 11.3. The number of aliphatic carboxylic acids is 1. The number of hydrogen-bond donors (Lipinski definition) is 2. The zero-order chi connectivity index (χ0) is 15.6. The summed E-state index contributed by atoms with van der Waals surface area (Å²) in [6, 6.07) is 3.24. The van der Waals surface area contributed by atoms with Gasteiger partial charge in [-0.25, -0.2) is 12.8 Å². The molecule has 0 bridgehead atoms. The van der Waals surface area contributed by atoms with Crippen LogP contribution in [-0.2, 0) is 21.4 Å². The fourth-order valence-corrected chi connectivity index (χ4v) is 2.75. The summed E-state index contributed by atoms with van der Waals surface area (Å²) < 4.78 is 40.3. The van der Waals surface area contributed by atoms with E-state index in [4.69, 9.17) is 16.7 Å². The molecule has 0 fully saturated rings. The molecule has 0 atom stereocenters. The molecule has 0 spiro atoms. The van der Waals surface area contributed by atoms with Crippen molar-refractivity contribution in [3.8, 4) is 0 Å². The summed E-state index contributed by atoms with van der Waals surface area (Å²) in [6.07, 6.45) is 2.05. The van der Waals surface area contributed by atoms with Gasteiger partial charge in [-0.1, -0.05) is 11.6 Å². The van der Waals surface area contributed by atoms with Gasteiger partial charge in [0, 0.05) is 11.2 Å². The minimum absolute atomic E-state index is 0.0364. The van der Waals surface area contributed by atoms with Crippen molar-refractivity contribution in [3.63, 3.8) is 0 Å². The Hall–Kier alpha value is -2.13. The van der Waals surface area contributed by atoms with Crippen LogP contribution >= 0.6 is 11.6 Å². The zero-order valence-electron chi connectivity index (χ0n) is 10.3. The fraction of sp³-hybridized carbons (Fsp3) is 0.0909. The molecule has 112 valence electrons. The van der Waals surface area contributed by atoms with Crippen molar-refractivity contribution in [2.75, 3.05) is 4.72 Å². The Balaban J connectivity index is 2.25. The van der Waals surface area contributed by atoms with Gasteiger partial charge >= 0.3 is 5.97 Å². The second kappa shape index (κ2) is 5.70. The molecule has 0 unspecified atom stereocenters. The monoisotopic (exact) mass is 333 g/mol. The number of carbonyl (C=O) groups is 1. The Morgan fingerprint density at radius 2 is 2.14 bits per heavy atom. The van der Waals surface area contributed by atoms with Gasteiger partial charge < -0.3 is 5.11 Å². The van der Waals surface area contributed by atoms with E-state index in [2.05, 4.69) is 9.82 Å². The smallest absolute Gasteiger partial charge is 0.325 e. The van der Waals surface area contributed by atoms with Gasteiger partial charge in [0.25, 0.3) is 10.0 Å². The van der Waals surface area contributed by atoms with Crippen LogP contribution in [0.15, 0.2) is 35.5 Å². The van der Waals surface area contributed by atoms with Crippen LogP contribution in [0.2, 0.25) is 5.02 Å². The van der Waals surface area contributed by atoms with Crippen LogP contribution in [0.3, 0.4) is 0 Å². The molecule has 0 aliphatic rings. The third-order valence-corrected chi connectivity index (χ3v) is 3.89. The first-order chi connectivity index (χ1) is 9.76. The number of carboxylic acids is 1. The van der Waals surface area contributed by atoms with Crippen molar-refractivity contribution in [1.82, 2.24) is 9.78 Å². The van der Waals surface area contributed by atoms with E-state index in [1.54, 1.807) is 0 Å². The first-order valence-electron chi connectivity index (χ1n) is 5.49. The Labute approximate surface area is 124 Å². The Morgan fingerprint density at radius 1 is 1.43 bits per heavy atom. The van der Waals surface area contributed by atoms with Crippen LogP contribution in [0.5, 0.6) is 0 Å². The number of anilines is 1. The second-order valence-electron chi connectivity index (χ2n) is 4.03. The molecule has 1 aromatic heterocycles. The van der Waals surface area contributed by atoms with Crippen molar-refractivity contribution in [1.29, 1.82) is 0 Å². The quantitative estimate of drug-likeness (QED) is 0.864. The molecule has 0 radical (unpaired) electrons. The molecule has 21 heavy (non-hydrogen) atoms. The number of nitrogens with one attached hydrogen (secondary N) is 1. The number of nitrogens with zero attached hydrogens (tertiary/aromatic N) is 2. The van der Waals surface area contributed by atoms with E-state index in [1.165, 1.54) is 6.07 Å². The Bertz CT molecular complexity index is 770. The Kier molecular flexibility index (Phi) is 4.14. The molecular weight excluding hydrogens is 325 g/mol. The lowest BCUT2D eigenvalue weighted by atomic mass is 10.3. The van der Waals surface area contributed by atoms with Gasteiger partial charge in [0.05, 0.1) is 11.9 Å². The summed E-state index contributed by atoms with van der Waals surface area (Å²) in [6.45, 7) is -0.471. The number of hydrogen-bond acceptors (Lipinski definition) is 4. The maximum atomic E-state index is 13.2. The average Bonchev–Trinajstić information content (AvgIpc) is 2.74. The minimum Gasteiger partial charge on any atom is -0.480 e. The van der Waals surface area contributed by atoms with Crippen LogP contribution in [0.4, 0.5) is 10.1 Å². The minimum atomic E-state index is -4.01. The predicted octanol–water partition coefficient (Wildman–Crippen LogP) is 1.56. The number of sulfonamides is 1. The standard InChI is InChI=1S/C11H9ClFN3O4S/c12-7-1-8(13)3-9(2-7)15-21(19,20)10-4-14-16(5-10)6-11(17)18/h1-5,15H,6H2,(H,17,18). The topological polar surface area (TPSA) is 101 Å². The van der Waals surface area contributed by atoms with E-state index in [0.717, 1.165) is 29.2 Å². The summed E-state index contributed by atoms with van der Waals surface area (Å²) in [5, 5.41) is 12.2. The summed E-state index contributed by atoms with van der Waals surface area (Å²) in [5.41, 5.74) is -0.0500. The van der Waals surface area contributed by atoms with Crippen molar-refractivity contribution in [2.24, 2.45) is 0 Å². The van der Waals surface area contributed by atoms with Crippen LogP contribution < -0.4 is 4.72 Å². The van der Waals surface area contributed by atoms with E-state index < -0.39 is 28.4 Å². The lowest BCUT2D eigenvalue weighted by Crippen LogP contribution is -2.13. The van der Waals surface area contributed by atoms with Crippen LogP contribution in [0.1, 0.15) is 0 Å². The summed E-state index contributed by atoms with van der Waals surface area (Å²) in [5.74, 6) is -1.85. The van der Waals surface area contributed by atoms with Gasteiger partial charge in [0.1, 0.15) is 17.3 Å². The molecule has 0 aliphatic carbocycles. The maximum absolute atomic E-state index is 13.2. The molecule has 0 aliphatic heterocycles. The number of benzene rings is 1. The molecule has 0 saturated heterocycles. The fourth-order valence-electron chi connectivity index (χ4n) is 1.54. The summed E-state index contributed by atoms with van der Waals surface area (Å²) in [4.78, 5) is 10.3. The van der Waals surface area contributed by atoms with Crippen LogP contribution in [-0.4, -0.2) is 29.3 Å². The van der Waals surface area contributed by atoms with E-state index in [1.807, 2.05) is 0 Å². The number of halogens is 2. The molecule has 10 heteroatoms. The highest BCUT2D eigenvalue weighted by Crippen LogP contribution is 2.21. The van der Waals surface area contributed by atoms with Gasteiger partial charge in [-0.15, -0.1) is 0 Å². The summed E-state index contributed by atoms with van der Waals surface area (Å²) >= 11 is 5.63. The lowest BCUT2D eigenvalue weighted by molar-refractivity contribution is -0.137. The third-order valence-electron chi connectivity index (χ3n) is 2.33. The largest absolute Gasteiger partial charge is 0.480 e. The van der Waals surface area contributed by atoms with E-state index in [9.17, 15) is 17.6 Å². The van der Waals surface area contributed by atoms with Crippen molar-refractivity contribution >= 4 is 33.3 Å². The molecule has 2 rings (SSSR count). The van der Waals surface area contributed by atoms with Gasteiger partial charge in [-0.05, 0) is 18.2 Å². The van der Waals surface area contributed by atoms with Crippen molar-refractivity contribution < 1.29 is 22.7 Å².